The minimum absolute atomic E-state index is 0.633. The topological polar surface area (TPSA) is 63.8 Å². The van der Waals surface area contributed by atoms with Gasteiger partial charge >= 0.3 is 0 Å². The highest BCUT2D eigenvalue weighted by Gasteiger charge is 2.01. The summed E-state index contributed by atoms with van der Waals surface area (Å²) in [4.78, 5) is 9.32. The van der Waals surface area contributed by atoms with Gasteiger partial charge < -0.3 is 11.1 Å². The number of pyridine rings is 1. The fraction of sp³-hybridized carbons (Fsp3) is 0.111. The molecule has 6 heteroatoms. The van der Waals surface area contributed by atoms with E-state index < -0.39 is 0 Å². The molecule has 0 aromatic carbocycles. The molecule has 0 spiro atoms. The van der Waals surface area contributed by atoms with Crippen LogP contribution in [0.1, 0.15) is 4.88 Å². The predicted octanol–water partition coefficient (Wildman–Crippen LogP) is 2.49. The average molecular weight is 285 g/mol. The van der Waals surface area contributed by atoms with Gasteiger partial charge in [-0.1, -0.05) is 0 Å². The molecule has 0 amide bonds. The molecule has 4 nitrogen and oxygen atoms in total. The van der Waals surface area contributed by atoms with Gasteiger partial charge in [-0.15, -0.1) is 11.3 Å². The Hall–Kier alpha value is -1.14. The van der Waals surface area contributed by atoms with Crippen LogP contribution >= 0.6 is 27.3 Å². The van der Waals surface area contributed by atoms with E-state index in [1.807, 2.05) is 12.3 Å². The first-order valence-corrected chi connectivity index (χ1v) is 5.95. The van der Waals surface area contributed by atoms with E-state index >= 15 is 0 Å². The van der Waals surface area contributed by atoms with Crippen molar-refractivity contribution in [3.63, 3.8) is 0 Å². The van der Waals surface area contributed by atoms with Crippen LogP contribution in [0.15, 0.2) is 28.4 Å². The average Bonchev–Trinajstić information content (AvgIpc) is 2.69. The Balaban J connectivity index is 2.05. The second kappa shape index (κ2) is 4.59. The summed E-state index contributed by atoms with van der Waals surface area (Å²) in [7, 11) is 0. The second-order valence-electron chi connectivity index (χ2n) is 2.91. The van der Waals surface area contributed by atoms with Crippen molar-refractivity contribution in [3.8, 4) is 0 Å². The van der Waals surface area contributed by atoms with E-state index in [9.17, 15) is 0 Å². The fourth-order valence-electron chi connectivity index (χ4n) is 1.10. The number of nitrogens with one attached hydrogen (secondary N) is 1. The van der Waals surface area contributed by atoms with Crippen LogP contribution in [0.5, 0.6) is 0 Å². The predicted molar refractivity (Wildman–Crippen MR) is 65.8 cm³/mol. The zero-order chi connectivity index (χ0) is 10.7. The molecule has 0 atom stereocenters. The molecule has 0 radical (unpaired) electrons. The van der Waals surface area contributed by atoms with Crippen LogP contribution in [0.4, 0.5) is 11.5 Å². The Kier molecular flexibility index (Phi) is 3.17. The Bertz CT molecular complexity index is 443. The van der Waals surface area contributed by atoms with Gasteiger partial charge in [-0.2, -0.15) is 0 Å². The monoisotopic (exact) mass is 284 g/mol. The lowest BCUT2D eigenvalue weighted by atomic mass is 10.4. The smallest absolute Gasteiger partial charge is 0.149 e. The SMILES string of the molecule is Nc1cc(Br)cnc1NCc1cncs1. The van der Waals surface area contributed by atoms with Crippen LogP contribution in [0, 0.1) is 0 Å². The van der Waals surface area contributed by atoms with Gasteiger partial charge in [0.2, 0.25) is 0 Å². The number of aromatic nitrogens is 2. The van der Waals surface area contributed by atoms with Crippen LogP contribution in [0.3, 0.4) is 0 Å². The third kappa shape index (κ3) is 2.66. The normalized spacial score (nSPS) is 10.2. The molecule has 0 bridgehead atoms. The maximum atomic E-state index is 5.79. The lowest BCUT2D eigenvalue weighted by molar-refractivity contribution is 1.13. The van der Waals surface area contributed by atoms with Crippen molar-refractivity contribution in [2.45, 2.75) is 6.54 Å². The summed E-state index contributed by atoms with van der Waals surface area (Å²) >= 11 is 4.91. The van der Waals surface area contributed by atoms with Crippen molar-refractivity contribution < 1.29 is 0 Å². The van der Waals surface area contributed by atoms with Gasteiger partial charge in [0.1, 0.15) is 5.82 Å². The van der Waals surface area contributed by atoms with Crippen molar-refractivity contribution in [1.82, 2.24) is 9.97 Å². The van der Waals surface area contributed by atoms with Crippen molar-refractivity contribution in [2.24, 2.45) is 0 Å². The largest absolute Gasteiger partial charge is 0.396 e. The third-order valence-electron chi connectivity index (χ3n) is 1.80. The summed E-state index contributed by atoms with van der Waals surface area (Å²) in [5.74, 6) is 0.701. The quantitative estimate of drug-likeness (QED) is 0.909. The maximum Gasteiger partial charge on any atom is 0.149 e. The van der Waals surface area contributed by atoms with E-state index in [0.717, 1.165) is 9.35 Å². The fourth-order valence-corrected chi connectivity index (χ4v) is 1.99. The molecule has 2 aromatic heterocycles. The number of hydrogen-bond acceptors (Lipinski definition) is 5. The van der Waals surface area contributed by atoms with Crippen LogP contribution in [0.2, 0.25) is 0 Å². The van der Waals surface area contributed by atoms with Gasteiger partial charge in [-0.05, 0) is 22.0 Å². The molecular formula is C9H9BrN4S. The van der Waals surface area contributed by atoms with Gasteiger partial charge in [0, 0.05) is 21.7 Å². The summed E-state index contributed by atoms with van der Waals surface area (Å²) in [5.41, 5.74) is 8.23. The molecular weight excluding hydrogens is 276 g/mol. The van der Waals surface area contributed by atoms with E-state index in [1.165, 1.54) is 0 Å². The molecule has 3 N–H and O–H groups in total. The van der Waals surface area contributed by atoms with Crippen LogP contribution in [0.25, 0.3) is 0 Å². The van der Waals surface area contributed by atoms with Crippen molar-refractivity contribution in [3.05, 3.63) is 33.3 Å². The molecule has 78 valence electrons. The van der Waals surface area contributed by atoms with Crippen LogP contribution < -0.4 is 11.1 Å². The van der Waals surface area contributed by atoms with E-state index in [4.69, 9.17) is 5.73 Å². The molecule has 0 unspecified atom stereocenters. The zero-order valence-corrected chi connectivity index (χ0v) is 10.2. The van der Waals surface area contributed by atoms with E-state index in [1.54, 1.807) is 23.0 Å². The standard InChI is InChI=1S/C9H9BrN4S/c10-6-1-8(11)9(13-2-6)14-4-7-3-12-5-15-7/h1-3,5H,4,11H2,(H,13,14). The Morgan fingerprint density at radius 3 is 3.00 bits per heavy atom. The van der Waals surface area contributed by atoms with Crippen LogP contribution in [-0.4, -0.2) is 9.97 Å². The lowest BCUT2D eigenvalue weighted by Crippen LogP contribution is -2.03. The molecule has 2 aromatic rings. The summed E-state index contributed by atoms with van der Waals surface area (Å²) in [6.45, 7) is 0.698. The number of hydrogen-bond donors (Lipinski definition) is 2. The van der Waals surface area contributed by atoms with Crippen LogP contribution in [-0.2, 0) is 6.54 Å². The van der Waals surface area contributed by atoms with Crippen molar-refractivity contribution in [1.29, 1.82) is 0 Å². The summed E-state index contributed by atoms with van der Waals surface area (Å²) < 4.78 is 0.878. The molecule has 2 heterocycles. The van der Waals surface area contributed by atoms with Crippen molar-refractivity contribution >= 4 is 38.8 Å². The van der Waals surface area contributed by atoms with E-state index in [0.29, 0.717) is 18.1 Å². The van der Waals surface area contributed by atoms with Crippen molar-refractivity contribution in [2.75, 3.05) is 11.1 Å². The van der Waals surface area contributed by atoms with Gasteiger partial charge in [-0.25, -0.2) is 4.98 Å². The highest BCUT2D eigenvalue weighted by molar-refractivity contribution is 9.10. The number of nitrogens with two attached hydrogens (primary N) is 1. The first-order chi connectivity index (χ1) is 7.25. The summed E-state index contributed by atoms with van der Waals surface area (Å²) in [6, 6.07) is 1.82. The number of halogens is 1. The molecule has 0 aliphatic heterocycles. The highest BCUT2D eigenvalue weighted by Crippen LogP contribution is 2.20. The van der Waals surface area contributed by atoms with Gasteiger partial charge in [-0.3, -0.25) is 4.98 Å². The molecule has 0 aliphatic carbocycles. The molecule has 0 fully saturated rings. The number of anilines is 2. The molecule has 0 aliphatic rings. The highest BCUT2D eigenvalue weighted by atomic mass is 79.9. The second-order valence-corrected chi connectivity index (χ2v) is 4.80. The Morgan fingerprint density at radius 2 is 2.33 bits per heavy atom. The maximum absolute atomic E-state index is 5.79. The third-order valence-corrected chi connectivity index (χ3v) is 3.01. The minimum atomic E-state index is 0.633. The van der Waals surface area contributed by atoms with Gasteiger partial charge in [0.25, 0.3) is 0 Å². The summed E-state index contributed by atoms with van der Waals surface area (Å²) in [6.07, 6.45) is 3.54. The Morgan fingerprint density at radius 1 is 1.47 bits per heavy atom. The molecule has 2 rings (SSSR count). The molecule has 15 heavy (non-hydrogen) atoms. The van der Waals surface area contributed by atoms with E-state index in [2.05, 4.69) is 31.2 Å². The lowest BCUT2D eigenvalue weighted by Gasteiger charge is -2.06. The first kappa shape index (κ1) is 10.4. The summed E-state index contributed by atoms with van der Waals surface area (Å²) in [5, 5.41) is 3.16. The zero-order valence-electron chi connectivity index (χ0n) is 7.77. The number of thiazole rings is 1. The molecule has 0 saturated carbocycles. The number of rotatable bonds is 3. The first-order valence-electron chi connectivity index (χ1n) is 4.28. The number of nitrogen functional groups attached to an aromatic ring is 1. The molecule has 0 saturated heterocycles. The van der Waals surface area contributed by atoms with E-state index in [-0.39, 0.29) is 0 Å². The minimum Gasteiger partial charge on any atom is -0.396 e. The van der Waals surface area contributed by atoms with Gasteiger partial charge in [0.05, 0.1) is 17.7 Å². The Labute approximate surface area is 99.7 Å². The number of nitrogens with zero attached hydrogens (tertiary/aromatic N) is 2. The van der Waals surface area contributed by atoms with Gasteiger partial charge in [0.15, 0.2) is 0 Å².